The molecule has 0 spiro atoms. The van der Waals surface area contributed by atoms with Crippen LogP contribution in [0.15, 0.2) is 24.3 Å². The van der Waals surface area contributed by atoms with E-state index in [0.29, 0.717) is 19.4 Å². The van der Waals surface area contributed by atoms with E-state index in [1.807, 2.05) is 6.92 Å². The van der Waals surface area contributed by atoms with Crippen LogP contribution in [0.2, 0.25) is 0 Å². The second-order valence-corrected chi connectivity index (χ2v) is 8.44. The van der Waals surface area contributed by atoms with Crippen molar-refractivity contribution in [2.45, 2.75) is 96.2 Å². The van der Waals surface area contributed by atoms with E-state index in [0.717, 1.165) is 24.8 Å². The molecule has 1 N–H and O–H groups in total. The zero-order valence-electron chi connectivity index (χ0n) is 16.9. The molecule has 1 aromatic carbocycles. The molecule has 1 saturated carbocycles. The van der Waals surface area contributed by atoms with E-state index in [-0.39, 0.29) is 17.9 Å². The van der Waals surface area contributed by atoms with Crippen molar-refractivity contribution in [1.82, 2.24) is 10.2 Å². The normalized spacial score (nSPS) is 24.5. The molecule has 4 nitrogen and oxygen atoms in total. The number of nitrogens with zero attached hydrogens (tertiary/aromatic N) is 1. The smallest absolute Gasteiger partial charge is 0.245 e. The summed E-state index contributed by atoms with van der Waals surface area (Å²) in [7, 11) is 0. The van der Waals surface area contributed by atoms with Crippen LogP contribution in [0.1, 0.15) is 82.8 Å². The molecular formula is C23H34N2O2. The van der Waals surface area contributed by atoms with Crippen LogP contribution in [0, 0.1) is 0 Å². The molecule has 0 radical (unpaired) electrons. The van der Waals surface area contributed by atoms with Crippen LogP contribution in [0.4, 0.5) is 0 Å². The van der Waals surface area contributed by atoms with Crippen molar-refractivity contribution in [2.75, 3.05) is 0 Å². The Hall–Kier alpha value is -1.84. The molecule has 148 valence electrons. The lowest BCUT2D eigenvalue weighted by Crippen LogP contribution is -2.56. The number of carbonyl (C=O) groups excluding carboxylic acids is 2. The van der Waals surface area contributed by atoms with Crippen LogP contribution < -0.4 is 5.32 Å². The number of benzene rings is 1. The van der Waals surface area contributed by atoms with Crippen LogP contribution in [-0.4, -0.2) is 28.3 Å². The fourth-order valence-electron chi connectivity index (χ4n) is 4.40. The second kappa shape index (κ2) is 8.90. The monoisotopic (exact) mass is 370 g/mol. The van der Waals surface area contributed by atoms with E-state index in [1.54, 1.807) is 4.90 Å². The third kappa shape index (κ3) is 4.72. The zero-order chi connectivity index (χ0) is 19.3. The molecule has 1 aliphatic heterocycles. The van der Waals surface area contributed by atoms with Crippen molar-refractivity contribution in [3.8, 4) is 0 Å². The zero-order valence-corrected chi connectivity index (χ0v) is 16.9. The van der Waals surface area contributed by atoms with Crippen molar-refractivity contribution in [1.29, 1.82) is 0 Å². The molecule has 2 aliphatic rings. The summed E-state index contributed by atoms with van der Waals surface area (Å²) in [6.07, 6.45) is 10.4. The molecule has 1 aliphatic carbocycles. The number of hydrogen-bond donors (Lipinski definition) is 1. The van der Waals surface area contributed by atoms with E-state index in [4.69, 9.17) is 0 Å². The average molecular weight is 371 g/mol. The van der Waals surface area contributed by atoms with Gasteiger partial charge in [-0.05, 0) is 43.7 Å². The van der Waals surface area contributed by atoms with Gasteiger partial charge in [0, 0.05) is 19.0 Å². The number of amides is 2. The first-order valence-electron chi connectivity index (χ1n) is 10.7. The first-order chi connectivity index (χ1) is 13.0. The van der Waals surface area contributed by atoms with Gasteiger partial charge in [-0.2, -0.15) is 0 Å². The Morgan fingerprint density at radius 1 is 1.07 bits per heavy atom. The maximum Gasteiger partial charge on any atom is 0.245 e. The molecular weight excluding hydrogens is 336 g/mol. The molecule has 0 aromatic heterocycles. The van der Waals surface area contributed by atoms with E-state index in [1.165, 1.54) is 37.7 Å². The topological polar surface area (TPSA) is 49.4 Å². The molecule has 1 aromatic rings. The van der Waals surface area contributed by atoms with Gasteiger partial charge in [-0.15, -0.1) is 0 Å². The van der Waals surface area contributed by atoms with Crippen molar-refractivity contribution in [2.24, 2.45) is 0 Å². The average Bonchev–Trinajstić information content (AvgIpc) is 2.94. The Morgan fingerprint density at radius 2 is 1.67 bits per heavy atom. The van der Waals surface area contributed by atoms with Gasteiger partial charge in [-0.3, -0.25) is 9.59 Å². The van der Waals surface area contributed by atoms with Crippen LogP contribution in [0.25, 0.3) is 0 Å². The van der Waals surface area contributed by atoms with Gasteiger partial charge in [0.15, 0.2) is 0 Å². The van der Waals surface area contributed by atoms with E-state index < -0.39 is 5.54 Å². The van der Waals surface area contributed by atoms with Crippen molar-refractivity contribution >= 4 is 11.8 Å². The van der Waals surface area contributed by atoms with Gasteiger partial charge in [-0.1, -0.05) is 63.3 Å². The minimum absolute atomic E-state index is 0.0316. The van der Waals surface area contributed by atoms with Gasteiger partial charge < -0.3 is 10.2 Å². The van der Waals surface area contributed by atoms with Crippen LogP contribution >= 0.6 is 0 Å². The molecule has 4 heteroatoms. The maximum absolute atomic E-state index is 13.2. The molecule has 1 unspecified atom stereocenters. The predicted octanol–water partition coefficient (Wildman–Crippen LogP) is 4.36. The third-order valence-corrected chi connectivity index (χ3v) is 6.42. The highest BCUT2D eigenvalue weighted by Crippen LogP contribution is 2.32. The molecule has 3 rings (SSSR count). The standard InChI is InChI=1S/C23H34N2O2/c1-3-18-11-13-19(14-12-18)17-25-21(26)15-16-23(25,2)22(27)24-20-9-7-5-4-6-8-10-20/h11-14,20H,3-10,15-17H2,1-2H3,(H,24,27). The molecule has 1 saturated heterocycles. The molecule has 1 heterocycles. The summed E-state index contributed by atoms with van der Waals surface area (Å²) in [5, 5.41) is 3.29. The summed E-state index contributed by atoms with van der Waals surface area (Å²) in [4.78, 5) is 27.5. The fourth-order valence-corrected chi connectivity index (χ4v) is 4.40. The number of nitrogens with one attached hydrogen (secondary N) is 1. The molecule has 27 heavy (non-hydrogen) atoms. The predicted molar refractivity (Wildman–Crippen MR) is 108 cm³/mol. The Labute approximate surface area is 163 Å². The maximum atomic E-state index is 13.2. The summed E-state index contributed by atoms with van der Waals surface area (Å²) in [5.74, 6) is 0.119. The number of rotatable bonds is 5. The lowest BCUT2D eigenvalue weighted by molar-refractivity contribution is -0.141. The number of aryl methyl sites for hydroxylation is 1. The summed E-state index contributed by atoms with van der Waals surface area (Å²) in [6.45, 7) is 4.59. The van der Waals surface area contributed by atoms with E-state index in [2.05, 4.69) is 36.5 Å². The minimum Gasteiger partial charge on any atom is -0.351 e. The highest BCUT2D eigenvalue weighted by Gasteiger charge is 2.47. The van der Waals surface area contributed by atoms with Gasteiger partial charge >= 0.3 is 0 Å². The van der Waals surface area contributed by atoms with Crippen LogP contribution in [-0.2, 0) is 22.6 Å². The first kappa shape index (κ1) is 19.9. The highest BCUT2D eigenvalue weighted by molar-refractivity contribution is 5.94. The Morgan fingerprint density at radius 3 is 2.30 bits per heavy atom. The van der Waals surface area contributed by atoms with Crippen molar-refractivity contribution in [3.63, 3.8) is 0 Å². The van der Waals surface area contributed by atoms with Crippen LogP contribution in [0.3, 0.4) is 0 Å². The van der Waals surface area contributed by atoms with Gasteiger partial charge in [0.2, 0.25) is 11.8 Å². The Balaban J connectivity index is 1.68. The van der Waals surface area contributed by atoms with E-state index >= 15 is 0 Å². The SMILES string of the molecule is CCc1ccc(CN2C(=O)CCC2(C)C(=O)NC2CCCCCCC2)cc1. The molecule has 0 bridgehead atoms. The summed E-state index contributed by atoms with van der Waals surface area (Å²) < 4.78 is 0. The quantitative estimate of drug-likeness (QED) is 0.837. The molecule has 1 atom stereocenters. The largest absolute Gasteiger partial charge is 0.351 e. The minimum atomic E-state index is -0.733. The summed E-state index contributed by atoms with van der Waals surface area (Å²) in [6, 6.07) is 8.65. The fraction of sp³-hybridized carbons (Fsp3) is 0.652. The van der Waals surface area contributed by atoms with Crippen molar-refractivity contribution in [3.05, 3.63) is 35.4 Å². The third-order valence-electron chi connectivity index (χ3n) is 6.42. The lowest BCUT2D eigenvalue weighted by atomic mass is 9.93. The van der Waals surface area contributed by atoms with Gasteiger partial charge in [-0.25, -0.2) is 0 Å². The molecule has 2 fully saturated rings. The number of hydrogen-bond acceptors (Lipinski definition) is 2. The van der Waals surface area contributed by atoms with Gasteiger partial charge in [0.25, 0.3) is 0 Å². The molecule has 2 amide bonds. The first-order valence-corrected chi connectivity index (χ1v) is 10.7. The van der Waals surface area contributed by atoms with Crippen molar-refractivity contribution < 1.29 is 9.59 Å². The van der Waals surface area contributed by atoms with Crippen LogP contribution in [0.5, 0.6) is 0 Å². The Bertz CT molecular complexity index is 647. The summed E-state index contributed by atoms with van der Waals surface area (Å²) >= 11 is 0. The lowest BCUT2D eigenvalue weighted by Gasteiger charge is -2.35. The second-order valence-electron chi connectivity index (χ2n) is 8.44. The van der Waals surface area contributed by atoms with Gasteiger partial charge in [0.05, 0.1) is 0 Å². The number of likely N-dealkylation sites (tertiary alicyclic amines) is 1. The Kier molecular flexibility index (Phi) is 6.56. The number of carbonyl (C=O) groups is 2. The summed E-state index contributed by atoms with van der Waals surface area (Å²) in [5.41, 5.74) is 1.65. The van der Waals surface area contributed by atoms with Gasteiger partial charge in [0.1, 0.15) is 5.54 Å². The van der Waals surface area contributed by atoms with E-state index in [9.17, 15) is 9.59 Å². The highest BCUT2D eigenvalue weighted by atomic mass is 16.2.